The van der Waals surface area contributed by atoms with Crippen LogP contribution in [0, 0.1) is 0 Å². The van der Waals surface area contributed by atoms with Crippen LogP contribution in [0.4, 0.5) is 10.5 Å². The lowest BCUT2D eigenvalue weighted by Gasteiger charge is -2.13. The number of fused-ring (bicyclic) bond motifs is 1. The Morgan fingerprint density at radius 1 is 0.939 bits per heavy atom. The van der Waals surface area contributed by atoms with E-state index in [9.17, 15) is 14.4 Å². The summed E-state index contributed by atoms with van der Waals surface area (Å²) in [6, 6.07) is 18.8. The van der Waals surface area contributed by atoms with Crippen molar-refractivity contribution in [1.82, 2.24) is 15.8 Å². The van der Waals surface area contributed by atoms with Gasteiger partial charge in [0, 0.05) is 16.6 Å². The van der Waals surface area contributed by atoms with Crippen LogP contribution in [0.1, 0.15) is 20.7 Å². The third-order valence-corrected chi connectivity index (χ3v) is 5.23. The molecule has 3 amide bonds. The number of anilines is 1. The van der Waals surface area contributed by atoms with E-state index in [1.54, 1.807) is 54.6 Å². The fraction of sp³-hybridized carbons (Fsp3) is 0.0833. The first-order valence-electron chi connectivity index (χ1n) is 10.2. The van der Waals surface area contributed by atoms with Gasteiger partial charge in [0.05, 0.1) is 23.9 Å². The number of pyridine rings is 1. The average molecular weight is 442 g/mol. The molecule has 0 unspecified atom stereocenters. The molecule has 164 valence electrons. The van der Waals surface area contributed by atoms with Crippen LogP contribution in [-0.2, 0) is 4.74 Å². The van der Waals surface area contributed by atoms with Gasteiger partial charge in [0.2, 0.25) is 0 Å². The molecule has 9 nitrogen and oxygen atoms in total. The van der Waals surface area contributed by atoms with Crippen LogP contribution in [0.2, 0.25) is 0 Å². The number of carbonyl (C=O) groups is 3. The molecule has 2 aromatic heterocycles. The van der Waals surface area contributed by atoms with Crippen LogP contribution in [-0.4, -0.2) is 36.0 Å². The molecule has 0 aliphatic carbocycles. The highest BCUT2D eigenvalue weighted by Crippen LogP contribution is 2.25. The Hall–Kier alpha value is -4.66. The summed E-state index contributed by atoms with van der Waals surface area (Å²) < 4.78 is 10.3. The van der Waals surface area contributed by atoms with Gasteiger partial charge in [-0.3, -0.25) is 25.3 Å². The number of nitrogens with one attached hydrogen (secondary N) is 2. The van der Waals surface area contributed by atoms with Gasteiger partial charge >= 0.3 is 6.09 Å². The molecule has 0 saturated carbocycles. The monoisotopic (exact) mass is 442 g/mol. The van der Waals surface area contributed by atoms with Crippen molar-refractivity contribution in [1.29, 1.82) is 0 Å². The molecule has 2 N–H and O–H groups in total. The van der Waals surface area contributed by atoms with E-state index >= 15 is 0 Å². The van der Waals surface area contributed by atoms with Gasteiger partial charge in [-0.05, 0) is 48.5 Å². The highest BCUT2D eigenvalue weighted by molar-refractivity contribution is 6.08. The van der Waals surface area contributed by atoms with E-state index in [2.05, 4.69) is 15.8 Å². The second-order valence-corrected chi connectivity index (χ2v) is 7.27. The first-order valence-corrected chi connectivity index (χ1v) is 10.2. The molecule has 2 aromatic carbocycles. The number of carbonyl (C=O) groups excluding carboxylic acids is 3. The van der Waals surface area contributed by atoms with Crippen LogP contribution < -0.4 is 15.8 Å². The minimum Gasteiger partial charge on any atom is -0.463 e. The number of hydrogen-bond donors (Lipinski definition) is 2. The summed E-state index contributed by atoms with van der Waals surface area (Å²) in [5, 5.41) is 0.640. The van der Waals surface area contributed by atoms with Crippen molar-refractivity contribution in [3.63, 3.8) is 0 Å². The number of nitrogens with zero attached hydrogens (tertiary/aromatic N) is 2. The number of hydrogen-bond acceptors (Lipinski definition) is 6. The second kappa shape index (κ2) is 8.46. The van der Waals surface area contributed by atoms with Gasteiger partial charge < -0.3 is 9.15 Å². The van der Waals surface area contributed by atoms with Crippen molar-refractivity contribution in [2.24, 2.45) is 0 Å². The number of cyclic esters (lactones) is 1. The third-order valence-electron chi connectivity index (χ3n) is 5.23. The molecule has 0 atom stereocenters. The van der Waals surface area contributed by atoms with Gasteiger partial charge in [-0.15, -0.1) is 0 Å². The molecule has 1 fully saturated rings. The summed E-state index contributed by atoms with van der Waals surface area (Å²) in [5.74, 6) is -0.462. The highest BCUT2D eigenvalue weighted by Gasteiger charge is 2.23. The lowest BCUT2D eigenvalue weighted by Crippen LogP contribution is -2.41. The molecule has 4 aromatic rings. The zero-order valence-electron chi connectivity index (χ0n) is 17.3. The number of hydrazine groups is 1. The third kappa shape index (κ3) is 3.99. The molecule has 9 heteroatoms. The Morgan fingerprint density at radius 3 is 2.45 bits per heavy atom. The quantitative estimate of drug-likeness (QED) is 0.468. The Kier molecular flexibility index (Phi) is 5.19. The lowest BCUT2D eigenvalue weighted by atomic mass is 10.1. The van der Waals surface area contributed by atoms with E-state index in [0.717, 1.165) is 0 Å². The number of amides is 3. The van der Waals surface area contributed by atoms with E-state index < -0.39 is 17.9 Å². The van der Waals surface area contributed by atoms with E-state index in [0.29, 0.717) is 52.3 Å². The topological polar surface area (TPSA) is 114 Å². The number of ether oxygens (including phenoxy) is 1. The van der Waals surface area contributed by atoms with Gasteiger partial charge in [0.15, 0.2) is 5.76 Å². The Morgan fingerprint density at radius 2 is 1.73 bits per heavy atom. The predicted octanol–water partition coefficient (Wildman–Crippen LogP) is 3.53. The van der Waals surface area contributed by atoms with E-state index in [1.165, 1.54) is 11.2 Å². The standard InChI is InChI=1S/C24H18N4O5/c29-22(15-7-9-16(10-8-15)28-11-13-33-24(28)31)26-27-23(30)18-14-20(21-6-3-12-32-21)25-19-5-2-1-4-17(18)19/h1-10,12,14H,11,13H2,(H,26,29)(H,27,30). The molecule has 0 spiro atoms. The normalized spacial score (nSPS) is 13.1. The number of rotatable bonds is 4. The highest BCUT2D eigenvalue weighted by atomic mass is 16.6. The zero-order chi connectivity index (χ0) is 22.8. The summed E-state index contributed by atoms with van der Waals surface area (Å²) in [6.07, 6.45) is 1.11. The van der Waals surface area contributed by atoms with E-state index in [1.807, 2.05) is 12.1 Å². The van der Waals surface area contributed by atoms with E-state index in [4.69, 9.17) is 9.15 Å². The molecular formula is C24H18N4O5. The second-order valence-electron chi connectivity index (χ2n) is 7.27. The molecule has 1 aliphatic rings. The molecule has 0 radical (unpaired) electrons. The molecule has 1 saturated heterocycles. The van der Waals surface area contributed by atoms with Crippen molar-refractivity contribution in [2.75, 3.05) is 18.1 Å². The van der Waals surface area contributed by atoms with Crippen LogP contribution in [0.3, 0.4) is 0 Å². The maximum atomic E-state index is 12.9. The SMILES string of the molecule is O=C(NNC(=O)c1cc(-c2ccco2)nc2ccccc12)c1ccc(N2CCOC2=O)cc1. The smallest absolute Gasteiger partial charge is 0.414 e. The van der Waals surface area contributed by atoms with Crippen molar-refractivity contribution in [2.45, 2.75) is 0 Å². The summed E-state index contributed by atoms with van der Waals surface area (Å²) >= 11 is 0. The fourth-order valence-corrected chi connectivity index (χ4v) is 3.59. The van der Waals surface area contributed by atoms with Gasteiger partial charge in [-0.25, -0.2) is 9.78 Å². The minimum absolute atomic E-state index is 0.322. The molecule has 0 bridgehead atoms. The van der Waals surface area contributed by atoms with Gasteiger partial charge in [0.1, 0.15) is 12.3 Å². The van der Waals surface area contributed by atoms with Crippen LogP contribution in [0.5, 0.6) is 0 Å². The van der Waals surface area contributed by atoms with Crippen LogP contribution >= 0.6 is 0 Å². The van der Waals surface area contributed by atoms with Gasteiger partial charge in [-0.1, -0.05) is 18.2 Å². The summed E-state index contributed by atoms with van der Waals surface area (Å²) in [4.78, 5) is 43.2. The molecule has 33 heavy (non-hydrogen) atoms. The zero-order valence-corrected chi connectivity index (χ0v) is 17.3. The molecule has 1 aliphatic heterocycles. The lowest BCUT2D eigenvalue weighted by molar-refractivity contribution is 0.0847. The Labute approximate surface area is 187 Å². The minimum atomic E-state index is -0.497. The largest absolute Gasteiger partial charge is 0.463 e. The molecular weight excluding hydrogens is 424 g/mol. The maximum Gasteiger partial charge on any atom is 0.414 e. The fourth-order valence-electron chi connectivity index (χ4n) is 3.59. The first-order chi connectivity index (χ1) is 16.1. The number of para-hydroxylation sites is 1. The number of aromatic nitrogens is 1. The number of furan rings is 1. The predicted molar refractivity (Wildman–Crippen MR) is 120 cm³/mol. The van der Waals surface area contributed by atoms with Crippen LogP contribution in [0.15, 0.2) is 77.4 Å². The Balaban J connectivity index is 1.33. The summed E-state index contributed by atoms with van der Waals surface area (Å²) in [6.45, 7) is 0.790. The van der Waals surface area contributed by atoms with Gasteiger partial charge in [0.25, 0.3) is 11.8 Å². The summed E-state index contributed by atoms with van der Waals surface area (Å²) in [5.41, 5.74) is 7.31. The van der Waals surface area contributed by atoms with Crippen molar-refractivity contribution in [3.05, 3.63) is 84.1 Å². The average Bonchev–Trinajstić information content (AvgIpc) is 3.54. The summed E-state index contributed by atoms with van der Waals surface area (Å²) in [7, 11) is 0. The maximum absolute atomic E-state index is 12.9. The van der Waals surface area contributed by atoms with Crippen molar-refractivity contribution >= 4 is 34.5 Å². The van der Waals surface area contributed by atoms with E-state index in [-0.39, 0.29) is 0 Å². The molecule has 3 heterocycles. The van der Waals surface area contributed by atoms with Crippen molar-refractivity contribution < 1.29 is 23.5 Å². The first kappa shape index (κ1) is 20.3. The molecule has 5 rings (SSSR count). The Bertz CT molecular complexity index is 1350. The van der Waals surface area contributed by atoms with Gasteiger partial charge in [-0.2, -0.15) is 0 Å². The number of benzene rings is 2. The van der Waals surface area contributed by atoms with Crippen molar-refractivity contribution in [3.8, 4) is 11.5 Å². The van der Waals surface area contributed by atoms with Crippen LogP contribution in [0.25, 0.3) is 22.4 Å².